The molecule has 0 aromatic heterocycles. The summed E-state index contributed by atoms with van der Waals surface area (Å²) in [5.41, 5.74) is 5.07. The molecule has 3 N–H and O–H groups in total. The van der Waals surface area contributed by atoms with Gasteiger partial charge in [-0.2, -0.15) is 17.6 Å². The van der Waals surface area contributed by atoms with Crippen LogP contribution in [0, 0.1) is 0 Å². The molecule has 0 aliphatic carbocycles. The number of alkyl halides is 4. The Labute approximate surface area is 123 Å². The van der Waals surface area contributed by atoms with Crippen molar-refractivity contribution in [3.63, 3.8) is 0 Å². The molecule has 0 bridgehead atoms. The van der Waals surface area contributed by atoms with Gasteiger partial charge < -0.3 is 20.5 Å². The Morgan fingerprint density at radius 3 is 2.33 bits per heavy atom. The van der Waals surface area contributed by atoms with Crippen LogP contribution >= 0.6 is 12.4 Å². The molecule has 0 heterocycles. The molecule has 10 heteroatoms. The number of hydrogen-bond donors (Lipinski definition) is 2. The minimum Gasteiger partial charge on any atom is -0.435 e. The largest absolute Gasteiger partial charge is 0.435 e. The number of carbonyl (C=O) groups is 1. The number of nitrogens with two attached hydrogens (primary N) is 1. The first-order chi connectivity index (χ1) is 9.42. The molecular weight excluding hydrogens is 320 g/mol. The summed E-state index contributed by atoms with van der Waals surface area (Å²) >= 11 is 0. The van der Waals surface area contributed by atoms with E-state index in [4.69, 9.17) is 5.73 Å². The van der Waals surface area contributed by atoms with Crippen LogP contribution in [0.4, 0.5) is 23.2 Å². The van der Waals surface area contributed by atoms with Gasteiger partial charge in [0.2, 0.25) is 5.91 Å². The summed E-state index contributed by atoms with van der Waals surface area (Å²) in [4.78, 5) is 11.3. The average molecular weight is 333 g/mol. The Morgan fingerprint density at radius 2 is 1.81 bits per heavy atom. The van der Waals surface area contributed by atoms with Crippen molar-refractivity contribution in [2.45, 2.75) is 19.6 Å². The van der Waals surface area contributed by atoms with Gasteiger partial charge in [0, 0.05) is 19.0 Å². The van der Waals surface area contributed by atoms with Crippen molar-refractivity contribution in [1.29, 1.82) is 0 Å². The second kappa shape index (κ2) is 9.24. The summed E-state index contributed by atoms with van der Waals surface area (Å²) in [6.07, 6.45) is -0.0244. The van der Waals surface area contributed by atoms with Crippen LogP contribution in [-0.2, 0) is 4.79 Å². The molecule has 1 rings (SSSR count). The van der Waals surface area contributed by atoms with Gasteiger partial charge in [0.1, 0.15) is 5.75 Å². The molecule has 1 amide bonds. The van der Waals surface area contributed by atoms with Crippen molar-refractivity contribution >= 4 is 24.0 Å². The summed E-state index contributed by atoms with van der Waals surface area (Å²) in [6, 6.07) is 3.03. The van der Waals surface area contributed by atoms with Crippen molar-refractivity contribution in [2.24, 2.45) is 5.73 Å². The van der Waals surface area contributed by atoms with E-state index in [1.807, 2.05) is 0 Å². The third-order valence-electron chi connectivity index (χ3n) is 2.04. The Bertz CT molecular complexity index is 463. The van der Waals surface area contributed by atoms with E-state index in [0.29, 0.717) is 0 Å². The van der Waals surface area contributed by atoms with Crippen LogP contribution in [-0.4, -0.2) is 25.7 Å². The minimum atomic E-state index is -3.18. The number of ether oxygens (including phenoxy) is 2. The highest BCUT2D eigenvalue weighted by Crippen LogP contribution is 2.31. The number of amides is 1. The van der Waals surface area contributed by atoms with Crippen molar-refractivity contribution in [3.8, 4) is 11.5 Å². The third kappa shape index (κ3) is 7.00. The van der Waals surface area contributed by atoms with Crippen LogP contribution in [0.25, 0.3) is 0 Å². The number of halogens is 5. The van der Waals surface area contributed by atoms with Gasteiger partial charge >= 0.3 is 13.2 Å². The van der Waals surface area contributed by atoms with E-state index in [-0.39, 0.29) is 36.8 Å². The standard InChI is InChI=1S/C11H12F4N2O3.ClH/c12-10(13)19-6-1-2-7(17-9(18)3-4-16)8(5-6)20-11(14)15;/h1-2,5,10-11H,3-4,16H2,(H,17,18);1H. The summed E-state index contributed by atoms with van der Waals surface area (Å²) in [5.74, 6) is -1.37. The van der Waals surface area contributed by atoms with Crippen LogP contribution in [0.5, 0.6) is 11.5 Å². The Kier molecular flexibility index (Phi) is 8.48. The molecule has 0 atom stereocenters. The highest BCUT2D eigenvalue weighted by Gasteiger charge is 2.14. The quantitative estimate of drug-likeness (QED) is 0.753. The SMILES string of the molecule is Cl.NCCC(=O)Nc1ccc(OC(F)F)cc1OC(F)F. The summed E-state index contributed by atoms with van der Waals surface area (Å²) in [5, 5.41) is 2.28. The number of carbonyl (C=O) groups excluding carboxylic acids is 1. The summed E-state index contributed by atoms with van der Waals surface area (Å²) in [6.45, 7) is -6.21. The lowest BCUT2D eigenvalue weighted by Crippen LogP contribution is -2.17. The molecule has 5 nitrogen and oxygen atoms in total. The number of anilines is 1. The lowest BCUT2D eigenvalue weighted by Gasteiger charge is -2.13. The topological polar surface area (TPSA) is 73.6 Å². The smallest absolute Gasteiger partial charge is 0.387 e. The van der Waals surface area contributed by atoms with Gasteiger partial charge in [-0.3, -0.25) is 4.79 Å². The maximum absolute atomic E-state index is 12.2. The Hall–Kier alpha value is -1.74. The first-order valence-corrected chi connectivity index (χ1v) is 5.46. The second-order valence-electron chi connectivity index (χ2n) is 3.50. The van der Waals surface area contributed by atoms with E-state index in [1.165, 1.54) is 0 Å². The van der Waals surface area contributed by atoms with Crippen molar-refractivity contribution in [1.82, 2.24) is 0 Å². The van der Waals surface area contributed by atoms with E-state index in [0.717, 1.165) is 18.2 Å². The van der Waals surface area contributed by atoms with Gasteiger partial charge in [-0.05, 0) is 12.1 Å². The number of nitrogens with one attached hydrogen (secondary N) is 1. The van der Waals surface area contributed by atoms with Gasteiger partial charge in [-0.25, -0.2) is 0 Å². The van der Waals surface area contributed by atoms with Crippen LogP contribution in [0.2, 0.25) is 0 Å². The fraction of sp³-hybridized carbons (Fsp3) is 0.364. The zero-order valence-electron chi connectivity index (χ0n) is 10.5. The monoisotopic (exact) mass is 332 g/mol. The average Bonchev–Trinajstić information content (AvgIpc) is 2.31. The third-order valence-corrected chi connectivity index (χ3v) is 2.04. The van der Waals surface area contributed by atoms with E-state index >= 15 is 0 Å². The molecule has 120 valence electrons. The fourth-order valence-corrected chi connectivity index (χ4v) is 1.32. The predicted octanol–water partition coefficient (Wildman–Crippen LogP) is 2.60. The zero-order valence-corrected chi connectivity index (χ0v) is 11.3. The molecule has 0 radical (unpaired) electrons. The normalized spacial score (nSPS) is 10.2. The highest BCUT2D eigenvalue weighted by molar-refractivity contribution is 5.92. The van der Waals surface area contributed by atoms with Gasteiger partial charge in [0.05, 0.1) is 5.69 Å². The molecule has 1 aromatic carbocycles. The molecule has 0 saturated heterocycles. The van der Waals surface area contributed by atoms with Gasteiger partial charge in [-0.15, -0.1) is 12.4 Å². The van der Waals surface area contributed by atoms with Crippen molar-refractivity contribution in [2.75, 3.05) is 11.9 Å². The van der Waals surface area contributed by atoms with Crippen LogP contribution < -0.4 is 20.5 Å². The second-order valence-corrected chi connectivity index (χ2v) is 3.50. The van der Waals surface area contributed by atoms with Crippen LogP contribution in [0.15, 0.2) is 18.2 Å². The Morgan fingerprint density at radius 1 is 1.19 bits per heavy atom. The van der Waals surface area contributed by atoms with Crippen molar-refractivity contribution in [3.05, 3.63) is 18.2 Å². The van der Waals surface area contributed by atoms with Crippen LogP contribution in [0.3, 0.4) is 0 Å². The molecule has 21 heavy (non-hydrogen) atoms. The molecule has 0 fully saturated rings. The first kappa shape index (κ1) is 19.3. The number of rotatable bonds is 7. The Balaban J connectivity index is 0.00000400. The molecule has 1 aromatic rings. The predicted molar refractivity (Wildman–Crippen MR) is 69.3 cm³/mol. The van der Waals surface area contributed by atoms with Gasteiger partial charge in [-0.1, -0.05) is 0 Å². The minimum absolute atomic E-state index is 0. The maximum Gasteiger partial charge on any atom is 0.387 e. The van der Waals surface area contributed by atoms with Crippen LogP contribution in [0.1, 0.15) is 6.42 Å². The van der Waals surface area contributed by atoms with E-state index in [1.54, 1.807) is 0 Å². The summed E-state index contributed by atoms with van der Waals surface area (Å²) < 4.78 is 56.7. The first-order valence-electron chi connectivity index (χ1n) is 5.46. The summed E-state index contributed by atoms with van der Waals surface area (Å²) in [7, 11) is 0. The lowest BCUT2D eigenvalue weighted by atomic mass is 10.2. The molecule has 0 saturated carbocycles. The van der Waals surface area contributed by atoms with E-state index in [9.17, 15) is 22.4 Å². The fourth-order valence-electron chi connectivity index (χ4n) is 1.32. The van der Waals surface area contributed by atoms with Gasteiger partial charge in [0.15, 0.2) is 5.75 Å². The van der Waals surface area contributed by atoms with Crippen molar-refractivity contribution < 1.29 is 31.8 Å². The van der Waals surface area contributed by atoms with E-state index in [2.05, 4.69) is 14.8 Å². The van der Waals surface area contributed by atoms with Gasteiger partial charge in [0.25, 0.3) is 0 Å². The molecule has 0 spiro atoms. The molecular formula is C11H13ClF4N2O3. The number of hydrogen-bond acceptors (Lipinski definition) is 4. The molecule has 0 aliphatic heterocycles. The lowest BCUT2D eigenvalue weighted by molar-refractivity contribution is -0.116. The highest BCUT2D eigenvalue weighted by atomic mass is 35.5. The maximum atomic E-state index is 12.2. The molecule has 0 aliphatic rings. The molecule has 0 unspecified atom stereocenters. The number of benzene rings is 1. The zero-order chi connectivity index (χ0) is 15.1. The van der Waals surface area contributed by atoms with E-state index < -0.39 is 24.9 Å².